The van der Waals surface area contributed by atoms with Crippen LogP contribution >= 0.6 is 11.6 Å². The summed E-state index contributed by atoms with van der Waals surface area (Å²) in [5, 5.41) is 12.1. The summed E-state index contributed by atoms with van der Waals surface area (Å²) in [6.07, 6.45) is 1.91. The number of hydrogen-bond donors (Lipinski definition) is 2. The van der Waals surface area contributed by atoms with Crippen LogP contribution in [0.5, 0.6) is 0 Å². The van der Waals surface area contributed by atoms with Crippen molar-refractivity contribution in [2.45, 2.75) is 18.9 Å². The Labute approximate surface area is 98.8 Å². The van der Waals surface area contributed by atoms with Gasteiger partial charge in [0.1, 0.15) is 17.1 Å². The Hall–Kier alpha value is -0.910. The van der Waals surface area contributed by atoms with Crippen LogP contribution < -0.4 is 5.32 Å². The highest BCUT2D eigenvalue weighted by Crippen LogP contribution is 2.27. The standard InChI is InChI=1S/C10H14ClN3O2/c11-8-6-9(12-3-4-15)14-10(13-8)7-2-1-5-16-7/h6-7,15H,1-5H2,(H,12,13,14). The molecular formula is C10H14ClN3O2. The smallest absolute Gasteiger partial charge is 0.161 e. The molecule has 2 heterocycles. The maximum atomic E-state index is 8.71. The lowest BCUT2D eigenvalue weighted by atomic mass is 10.2. The Morgan fingerprint density at radius 3 is 3.12 bits per heavy atom. The fourth-order valence-corrected chi connectivity index (χ4v) is 1.82. The molecule has 88 valence electrons. The van der Waals surface area contributed by atoms with Gasteiger partial charge < -0.3 is 15.2 Å². The first-order valence-corrected chi connectivity index (χ1v) is 5.68. The molecule has 1 atom stereocenters. The van der Waals surface area contributed by atoms with E-state index in [4.69, 9.17) is 21.4 Å². The fraction of sp³-hybridized carbons (Fsp3) is 0.600. The lowest BCUT2D eigenvalue weighted by Gasteiger charge is -2.10. The minimum atomic E-state index is -0.0478. The van der Waals surface area contributed by atoms with Crippen LogP contribution in [0, 0.1) is 0 Å². The predicted octanol–water partition coefficient (Wildman–Crippen LogP) is 1.39. The van der Waals surface area contributed by atoms with Crippen molar-refractivity contribution in [3.05, 3.63) is 17.0 Å². The predicted molar refractivity (Wildman–Crippen MR) is 60.5 cm³/mol. The van der Waals surface area contributed by atoms with E-state index in [1.54, 1.807) is 6.07 Å². The molecule has 16 heavy (non-hydrogen) atoms. The summed E-state index contributed by atoms with van der Waals surface area (Å²) in [7, 11) is 0. The van der Waals surface area contributed by atoms with Gasteiger partial charge in [-0.1, -0.05) is 11.6 Å². The van der Waals surface area contributed by atoms with Gasteiger partial charge in [-0.15, -0.1) is 0 Å². The van der Waals surface area contributed by atoms with E-state index < -0.39 is 0 Å². The normalized spacial score (nSPS) is 20.0. The van der Waals surface area contributed by atoms with Crippen LogP contribution in [0.4, 0.5) is 5.82 Å². The Morgan fingerprint density at radius 1 is 1.56 bits per heavy atom. The Kier molecular flexibility index (Phi) is 3.93. The average Bonchev–Trinajstić information content (AvgIpc) is 2.79. The monoisotopic (exact) mass is 243 g/mol. The highest BCUT2D eigenvalue weighted by Gasteiger charge is 2.21. The van der Waals surface area contributed by atoms with Gasteiger partial charge in [0.25, 0.3) is 0 Å². The first kappa shape index (κ1) is 11.6. The summed E-state index contributed by atoms with van der Waals surface area (Å²) in [4.78, 5) is 8.46. The molecule has 2 N–H and O–H groups in total. The van der Waals surface area contributed by atoms with Crippen LogP contribution in [0.15, 0.2) is 6.07 Å². The zero-order chi connectivity index (χ0) is 11.4. The third-order valence-corrected chi connectivity index (χ3v) is 2.54. The molecule has 0 saturated carbocycles. The average molecular weight is 244 g/mol. The van der Waals surface area contributed by atoms with E-state index in [0.29, 0.717) is 23.3 Å². The van der Waals surface area contributed by atoms with Gasteiger partial charge in [0.15, 0.2) is 5.82 Å². The summed E-state index contributed by atoms with van der Waals surface area (Å²) in [6.45, 7) is 1.25. The lowest BCUT2D eigenvalue weighted by molar-refractivity contribution is 0.105. The van der Waals surface area contributed by atoms with Crippen molar-refractivity contribution in [2.75, 3.05) is 25.1 Å². The van der Waals surface area contributed by atoms with E-state index >= 15 is 0 Å². The molecule has 0 aromatic carbocycles. The minimum absolute atomic E-state index is 0.0478. The molecule has 1 aliphatic rings. The number of hydrogen-bond acceptors (Lipinski definition) is 5. The number of nitrogens with one attached hydrogen (secondary N) is 1. The minimum Gasteiger partial charge on any atom is -0.395 e. The van der Waals surface area contributed by atoms with Gasteiger partial charge >= 0.3 is 0 Å². The van der Waals surface area contributed by atoms with Gasteiger partial charge in [0, 0.05) is 19.2 Å². The molecule has 0 radical (unpaired) electrons. The second-order valence-electron chi connectivity index (χ2n) is 3.59. The number of aromatic nitrogens is 2. The number of aliphatic hydroxyl groups excluding tert-OH is 1. The van der Waals surface area contributed by atoms with Gasteiger partial charge in [0.05, 0.1) is 6.61 Å². The highest BCUT2D eigenvalue weighted by molar-refractivity contribution is 6.29. The first-order valence-electron chi connectivity index (χ1n) is 5.30. The molecule has 1 aromatic heterocycles. The molecule has 0 bridgehead atoms. The maximum absolute atomic E-state index is 8.71. The van der Waals surface area contributed by atoms with Crippen LogP contribution in [0.2, 0.25) is 5.15 Å². The number of nitrogens with zero attached hydrogens (tertiary/aromatic N) is 2. The van der Waals surface area contributed by atoms with Crippen LogP contribution in [0.3, 0.4) is 0 Å². The largest absolute Gasteiger partial charge is 0.395 e. The van der Waals surface area contributed by atoms with Crippen molar-refractivity contribution in [1.29, 1.82) is 0 Å². The topological polar surface area (TPSA) is 67.3 Å². The number of halogens is 1. The van der Waals surface area contributed by atoms with Crippen molar-refractivity contribution >= 4 is 17.4 Å². The van der Waals surface area contributed by atoms with Crippen molar-refractivity contribution in [3.63, 3.8) is 0 Å². The fourth-order valence-electron chi connectivity index (χ4n) is 1.64. The molecule has 1 aliphatic heterocycles. The van der Waals surface area contributed by atoms with Crippen molar-refractivity contribution in [2.24, 2.45) is 0 Å². The molecule has 0 amide bonds. The summed E-state index contributed by atoms with van der Waals surface area (Å²) < 4.78 is 5.49. The van der Waals surface area contributed by atoms with Gasteiger partial charge in [-0.05, 0) is 12.8 Å². The molecule has 1 unspecified atom stereocenters. The quantitative estimate of drug-likeness (QED) is 0.783. The Balaban J connectivity index is 2.14. The van der Waals surface area contributed by atoms with Gasteiger partial charge in [0.2, 0.25) is 0 Å². The molecular weight excluding hydrogens is 230 g/mol. The van der Waals surface area contributed by atoms with Gasteiger partial charge in [-0.25, -0.2) is 9.97 Å². The van der Waals surface area contributed by atoms with E-state index in [1.807, 2.05) is 0 Å². The molecule has 0 spiro atoms. The number of aliphatic hydroxyl groups is 1. The molecule has 6 heteroatoms. The molecule has 0 aliphatic carbocycles. The molecule has 1 aromatic rings. The second-order valence-corrected chi connectivity index (χ2v) is 3.97. The van der Waals surface area contributed by atoms with Crippen molar-refractivity contribution in [3.8, 4) is 0 Å². The maximum Gasteiger partial charge on any atom is 0.161 e. The Bertz CT molecular complexity index is 356. The van der Waals surface area contributed by atoms with E-state index in [0.717, 1.165) is 19.4 Å². The van der Waals surface area contributed by atoms with E-state index in [1.165, 1.54) is 0 Å². The summed E-state index contributed by atoms with van der Waals surface area (Å²) in [6, 6.07) is 1.63. The number of rotatable bonds is 4. The zero-order valence-corrected chi connectivity index (χ0v) is 9.57. The summed E-state index contributed by atoms with van der Waals surface area (Å²) in [5.74, 6) is 1.24. The SMILES string of the molecule is OCCNc1cc(Cl)nc(C2CCCO2)n1. The Morgan fingerprint density at radius 2 is 2.44 bits per heavy atom. The van der Waals surface area contributed by atoms with E-state index in [-0.39, 0.29) is 12.7 Å². The number of ether oxygens (including phenoxy) is 1. The second kappa shape index (κ2) is 5.43. The van der Waals surface area contributed by atoms with Crippen molar-refractivity contribution < 1.29 is 9.84 Å². The molecule has 5 nitrogen and oxygen atoms in total. The lowest BCUT2D eigenvalue weighted by Crippen LogP contribution is -2.10. The molecule has 2 rings (SSSR count). The molecule has 1 saturated heterocycles. The summed E-state index contributed by atoms with van der Waals surface area (Å²) in [5.41, 5.74) is 0. The zero-order valence-electron chi connectivity index (χ0n) is 8.82. The highest BCUT2D eigenvalue weighted by atomic mass is 35.5. The van der Waals surface area contributed by atoms with Crippen LogP contribution in [0.25, 0.3) is 0 Å². The van der Waals surface area contributed by atoms with E-state index in [2.05, 4.69) is 15.3 Å². The van der Waals surface area contributed by atoms with E-state index in [9.17, 15) is 0 Å². The summed E-state index contributed by atoms with van der Waals surface area (Å²) >= 11 is 5.90. The van der Waals surface area contributed by atoms with Gasteiger partial charge in [-0.3, -0.25) is 0 Å². The van der Waals surface area contributed by atoms with Crippen LogP contribution in [0.1, 0.15) is 24.8 Å². The molecule has 1 fully saturated rings. The third-order valence-electron chi connectivity index (χ3n) is 2.35. The van der Waals surface area contributed by atoms with Gasteiger partial charge in [-0.2, -0.15) is 0 Å². The van der Waals surface area contributed by atoms with Crippen LogP contribution in [-0.2, 0) is 4.74 Å². The number of anilines is 1. The first-order chi connectivity index (χ1) is 7.79. The third kappa shape index (κ3) is 2.81. The van der Waals surface area contributed by atoms with Crippen LogP contribution in [-0.4, -0.2) is 34.8 Å². The van der Waals surface area contributed by atoms with Crippen molar-refractivity contribution in [1.82, 2.24) is 9.97 Å².